The molecule has 0 aliphatic carbocycles. The Morgan fingerprint density at radius 3 is 1.23 bits per heavy atom. The maximum Gasteiger partial charge on any atom is 0.0992 e. The summed E-state index contributed by atoms with van der Waals surface area (Å²) >= 11 is 0. The van der Waals surface area contributed by atoms with E-state index in [1.165, 1.54) is 0 Å². The topological polar surface area (TPSA) is 105 Å². The Labute approximate surface area is 298 Å². The molecular weight excluding hydrogens is 637 g/mol. The molecule has 0 bridgehead atoms. The smallest absolute Gasteiger partial charge is 0.0992 e. The molecule has 2 aromatic heterocycles. The van der Waals surface area contributed by atoms with Gasteiger partial charge in [-0.2, -0.15) is 21.0 Å². The van der Waals surface area contributed by atoms with Crippen molar-refractivity contribution in [1.82, 2.24) is 9.13 Å². The Kier molecular flexibility index (Phi) is 6.91. The monoisotopic (exact) mass is 660 g/mol. The van der Waals surface area contributed by atoms with Gasteiger partial charge in [-0.15, -0.1) is 0 Å². The number of hydrogen-bond acceptors (Lipinski definition) is 4. The third-order valence-electron chi connectivity index (χ3n) is 9.80. The number of rotatable bonds is 4. The number of para-hydroxylation sites is 3. The van der Waals surface area contributed by atoms with Crippen molar-refractivity contribution in [2.24, 2.45) is 0 Å². The Morgan fingerprint density at radius 2 is 0.750 bits per heavy atom. The van der Waals surface area contributed by atoms with Gasteiger partial charge in [0.1, 0.15) is 0 Å². The molecule has 0 saturated heterocycles. The fraction of sp³-hybridized carbons (Fsp3) is 0. The summed E-state index contributed by atoms with van der Waals surface area (Å²) in [4.78, 5) is 0. The van der Waals surface area contributed by atoms with Gasteiger partial charge in [-0.1, -0.05) is 60.7 Å². The Hall–Kier alpha value is -7.90. The standard InChI is InChI=1S/C46H24N6/c47-25-29-13-16-44(51-41-10-4-1-7-35(41)36-8-2-5-11-42(36)51)38(22-29)33-15-18-46-40(24-33)37-9-3-6-12-43(37)52(46)45-17-14-30(26-48)23-39(45)34-20-31(27-49)19-32(21-34)28-50/h1-24H. The summed E-state index contributed by atoms with van der Waals surface area (Å²) in [5, 5.41) is 43.8. The summed E-state index contributed by atoms with van der Waals surface area (Å²) < 4.78 is 4.46. The molecule has 52 heavy (non-hydrogen) atoms. The highest BCUT2D eigenvalue weighted by molar-refractivity contribution is 6.12. The van der Waals surface area contributed by atoms with Crippen molar-refractivity contribution in [2.45, 2.75) is 0 Å². The van der Waals surface area contributed by atoms with Gasteiger partial charge in [0.2, 0.25) is 0 Å². The lowest BCUT2D eigenvalue weighted by Crippen LogP contribution is -1.99. The number of fused-ring (bicyclic) bond motifs is 6. The van der Waals surface area contributed by atoms with Gasteiger partial charge >= 0.3 is 0 Å². The summed E-state index contributed by atoms with van der Waals surface area (Å²) in [5.74, 6) is 0. The molecule has 0 atom stereocenters. The highest BCUT2D eigenvalue weighted by atomic mass is 15.0. The fourth-order valence-corrected chi connectivity index (χ4v) is 7.56. The first kappa shape index (κ1) is 30.2. The molecule has 9 rings (SSSR count). The van der Waals surface area contributed by atoms with Crippen LogP contribution in [0.15, 0.2) is 146 Å². The SMILES string of the molecule is N#Cc1cc(C#N)cc(-c2cc(C#N)ccc2-n2c3ccccc3c3cc(-c4cc(C#N)ccc4-n4c5ccccc5c5ccccc54)ccc32)c1. The molecule has 0 unspecified atom stereocenters. The molecule has 0 N–H and O–H groups in total. The summed E-state index contributed by atoms with van der Waals surface area (Å²) in [5.41, 5.74) is 10.9. The van der Waals surface area contributed by atoms with Crippen molar-refractivity contribution in [1.29, 1.82) is 21.0 Å². The summed E-state index contributed by atoms with van der Waals surface area (Å²) in [6, 6.07) is 56.8. The predicted octanol–water partition coefficient (Wildman–Crippen LogP) is 10.7. The first-order chi connectivity index (χ1) is 25.6. The van der Waals surface area contributed by atoms with Gasteiger partial charge in [0.25, 0.3) is 0 Å². The number of nitriles is 4. The van der Waals surface area contributed by atoms with Crippen LogP contribution < -0.4 is 0 Å². The predicted molar refractivity (Wildman–Crippen MR) is 205 cm³/mol. The van der Waals surface area contributed by atoms with E-state index in [4.69, 9.17) is 0 Å². The minimum atomic E-state index is 0.368. The summed E-state index contributed by atoms with van der Waals surface area (Å²) in [6.07, 6.45) is 0. The van der Waals surface area contributed by atoms with Crippen LogP contribution in [0.25, 0.3) is 77.2 Å². The van der Waals surface area contributed by atoms with Gasteiger partial charge in [-0.3, -0.25) is 0 Å². The van der Waals surface area contributed by atoms with Crippen molar-refractivity contribution in [2.75, 3.05) is 0 Å². The van der Waals surface area contributed by atoms with Gasteiger partial charge in [-0.25, -0.2) is 0 Å². The van der Waals surface area contributed by atoms with Gasteiger partial charge < -0.3 is 9.13 Å². The van der Waals surface area contributed by atoms with Crippen LogP contribution in [0.3, 0.4) is 0 Å². The van der Waals surface area contributed by atoms with E-state index in [0.717, 1.165) is 71.7 Å². The Bertz CT molecular complexity index is 3040. The molecular formula is C46H24N6. The molecule has 2 heterocycles. The second-order valence-corrected chi connectivity index (χ2v) is 12.7. The van der Waals surface area contributed by atoms with Crippen molar-refractivity contribution in [3.05, 3.63) is 168 Å². The lowest BCUT2D eigenvalue weighted by atomic mass is 9.97. The quantitative estimate of drug-likeness (QED) is 0.187. The third kappa shape index (κ3) is 4.62. The van der Waals surface area contributed by atoms with Gasteiger partial charge in [0.15, 0.2) is 0 Å². The van der Waals surface area contributed by atoms with E-state index in [-0.39, 0.29) is 0 Å². The third-order valence-corrected chi connectivity index (χ3v) is 9.80. The molecule has 0 saturated carbocycles. The van der Waals surface area contributed by atoms with E-state index in [0.29, 0.717) is 27.8 Å². The average Bonchev–Trinajstić information content (AvgIpc) is 3.72. The fourth-order valence-electron chi connectivity index (χ4n) is 7.56. The summed E-state index contributed by atoms with van der Waals surface area (Å²) in [6.45, 7) is 0. The number of nitrogens with zero attached hydrogens (tertiary/aromatic N) is 6. The van der Waals surface area contributed by atoms with Crippen molar-refractivity contribution in [3.63, 3.8) is 0 Å². The zero-order chi connectivity index (χ0) is 35.3. The largest absolute Gasteiger partial charge is 0.309 e. The summed E-state index contributed by atoms with van der Waals surface area (Å²) in [7, 11) is 0. The maximum absolute atomic E-state index is 10.0. The van der Waals surface area contributed by atoms with Gasteiger partial charge in [0.05, 0.1) is 80.0 Å². The zero-order valence-corrected chi connectivity index (χ0v) is 27.5. The lowest BCUT2D eigenvalue weighted by Gasteiger charge is -2.16. The molecule has 6 nitrogen and oxygen atoms in total. The van der Waals surface area contributed by atoms with Crippen LogP contribution in [0, 0.1) is 45.3 Å². The van der Waals surface area contributed by atoms with E-state index in [1.54, 1.807) is 24.3 Å². The lowest BCUT2D eigenvalue weighted by molar-refractivity contribution is 1.18. The average molecular weight is 661 g/mol. The number of benzene rings is 7. The van der Waals surface area contributed by atoms with Crippen LogP contribution in [0.4, 0.5) is 0 Å². The molecule has 0 fully saturated rings. The van der Waals surface area contributed by atoms with Crippen molar-refractivity contribution < 1.29 is 0 Å². The second-order valence-electron chi connectivity index (χ2n) is 12.7. The highest BCUT2D eigenvalue weighted by Gasteiger charge is 2.20. The molecule has 0 aliphatic heterocycles. The molecule has 0 amide bonds. The van der Waals surface area contributed by atoms with Crippen LogP contribution >= 0.6 is 0 Å². The van der Waals surface area contributed by atoms with Crippen molar-refractivity contribution >= 4 is 43.6 Å². The molecule has 0 spiro atoms. The molecule has 6 heteroatoms. The van der Waals surface area contributed by atoms with E-state index in [2.05, 4.69) is 112 Å². The van der Waals surface area contributed by atoms with Crippen molar-refractivity contribution in [3.8, 4) is 57.9 Å². The minimum Gasteiger partial charge on any atom is -0.309 e. The van der Waals surface area contributed by atoms with Crippen LogP contribution in [0.1, 0.15) is 22.3 Å². The Morgan fingerprint density at radius 1 is 0.327 bits per heavy atom. The maximum atomic E-state index is 10.0. The molecule has 0 aliphatic rings. The molecule has 238 valence electrons. The Balaban J connectivity index is 1.32. The van der Waals surface area contributed by atoms with E-state index in [9.17, 15) is 21.0 Å². The van der Waals surface area contributed by atoms with Gasteiger partial charge in [-0.05, 0) is 96.1 Å². The molecule has 9 aromatic rings. The number of aromatic nitrogens is 2. The first-order valence-corrected chi connectivity index (χ1v) is 16.7. The van der Waals surface area contributed by atoms with E-state index >= 15 is 0 Å². The molecule has 7 aromatic carbocycles. The normalized spacial score (nSPS) is 11.0. The van der Waals surface area contributed by atoms with Crippen LogP contribution in [-0.4, -0.2) is 9.13 Å². The molecule has 0 radical (unpaired) electrons. The van der Waals surface area contributed by atoms with E-state index < -0.39 is 0 Å². The zero-order valence-electron chi connectivity index (χ0n) is 27.5. The van der Waals surface area contributed by atoms with Gasteiger partial charge in [0, 0.05) is 32.7 Å². The van der Waals surface area contributed by atoms with E-state index in [1.807, 2.05) is 42.5 Å². The first-order valence-electron chi connectivity index (χ1n) is 16.7. The highest BCUT2D eigenvalue weighted by Crippen LogP contribution is 2.41. The van der Waals surface area contributed by atoms with Crippen LogP contribution in [-0.2, 0) is 0 Å². The second kappa shape index (κ2) is 11.9. The van der Waals surface area contributed by atoms with Crippen LogP contribution in [0.5, 0.6) is 0 Å². The number of hydrogen-bond donors (Lipinski definition) is 0. The van der Waals surface area contributed by atoms with Crippen LogP contribution in [0.2, 0.25) is 0 Å². The minimum absolute atomic E-state index is 0.368.